The van der Waals surface area contributed by atoms with Crippen molar-refractivity contribution in [2.75, 3.05) is 11.5 Å². The number of nitrogens with two attached hydrogens (primary N) is 1. The molecule has 9 heteroatoms. The first-order valence-electron chi connectivity index (χ1n) is 7.76. The summed E-state index contributed by atoms with van der Waals surface area (Å²) in [5.41, 5.74) is 7.69. The van der Waals surface area contributed by atoms with Crippen molar-refractivity contribution in [2.24, 2.45) is 5.73 Å². The molecule has 2 rings (SSSR count). The van der Waals surface area contributed by atoms with Crippen LogP contribution in [0, 0.1) is 0 Å². The van der Waals surface area contributed by atoms with E-state index in [1.54, 1.807) is 0 Å². The maximum absolute atomic E-state index is 12.6. The van der Waals surface area contributed by atoms with Gasteiger partial charge in [0.25, 0.3) is 0 Å². The van der Waals surface area contributed by atoms with Crippen LogP contribution in [-0.4, -0.2) is 57.4 Å². The molecule has 1 aromatic rings. The van der Waals surface area contributed by atoms with Crippen molar-refractivity contribution in [1.82, 2.24) is 10.2 Å². The molecular weight excluding hydrogens is 362 g/mol. The smallest absolute Gasteiger partial charge is 0.327 e. The first-order valence-corrected chi connectivity index (χ1v) is 9.03. The van der Waals surface area contributed by atoms with Crippen molar-refractivity contribution in [3.63, 3.8) is 0 Å². The summed E-state index contributed by atoms with van der Waals surface area (Å²) in [7, 11) is 0. The number of aliphatic carboxylic acids is 1. The van der Waals surface area contributed by atoms with E-state index in [4.69, 9.17) is 10.8 Å². The first kappa shape index (κ1) is 19.6. The molecule has 1 heterocycles. The lowest BCUT2D eigenvalue weighted by molar-refractivity contribution is -0.145. The van der Waals surface area contributed by atoms with E-state index >= 15 is 0 Å². The topological polar surface area (TPSA) is 113 Å². The van der Waals surface area contributed by atoms with Gasteiger partial charge in [0, 0.05) is 24.5 Å². The third kappa shape index (κ3) is 4.47. The van der Waals surface area contributed by atoms with Gasteiger partial charge in [0.15, 0.2) is 0 Å². The maximum atomic E-state index is 12.6. The van der Waals surface area contributed by atoms with Gasteiger partial charge in [-0.05, 0) is 11.1 Å². The van der Waals surface area contributed by atoms with Crippen LogP contribution < -0.4 is 11.1 Å². The van der Waals surface area contributed by atoms with Gasteiger partial charge in [-0.1, -0.05) is 24.3 Å². The maximum Gasteiger partial charge on any atom is 0.327 e. The molecule has 0 aromatic heterocycles. The van der Waals surface area contributed by atoms with Crippen LogP contribution in [-0.2, 0) is 27.3 Å². The number of benzene rings is 1. The molecule has 136 valence electrons. The molecule has 0 saturated carbocycles. The van der Waals surface area contributed by atoms with E-state index in [1.807, 2.05) is 24.3 Å². The minimum Gasteiger partial charge on any atom is -0.480 e. The second-order valence-electron chi connectivity index (χ2n) is 5.83. The standard InChI is InChI=1S/C16H21N3O4S2/c17-11(7-24)15(21)19-6-10-4-2-1-3-9(10)5-13(19)14(20)18-12(8-25)16(22)23/h1-4,11-13,24-25H,5-8,17H2,(H,18,20)(H,22,23)/t11-,12-,13-/m0/s1. The van der Waals surface area contributed by atoms with Crippen LogP contribution in [0.25, 0.3) is 0 Å². The molecule has 0 spiro atoms. The summed E-state index contributed by atoms with van der Waals surface area (Å²) < 4.78 is 0. The van der Waals surface area contributed by atoms with Gasteiger partial charge >= 0.3 is 5.97 Å². The Hall–Kier alpha value is -1.71. The summed E-state index contributed by atoms with van der Waals surface area (Å²) in [4.78, 5) is 37.8. The molecule has 0 radical (unpaired) electrons. The molecule has 1 aliphatic heterocycles. The number of carbonyl (C=O) groups excluding carboxylic acids is 2. The molecule has 0 unspecified atom stereocenters. The molecule has 0 fully saturated rings. The fourth-order valence-electron chi connectivity index (χ4n) is 2.73. The zero-order chi connectivity index (χ0) is 18.6. The summed E-state index contributed by atoms with van der Waals surface area (Å²) in [6.45, 7) is 0.243. The van der Waals surface area contributed by atoms with Gasteiger partial charge in [-0.3, -0.25) is 9.59 Å². The van der Waals surface area contributed by atoms with Gasteiger partial charge < -0.3 is 21.1 Å². The SMILES string of the molecule is N[C@@H](CS)C(=O)N1Cc2ccccc2C[C@H]1C(=O)N[C@@H](CS)C(=O)O. The number of carboxylic acid groups (broad SMARTS) is 1. The van der Waals surface area contributed by atoms with E-state index in [-0.39, 0.29) is 24.0 Å². The number of amides is 2. The summed E-state index contributed by atoms with van der Waals surface area (Å²) in [5.74, 6) is -1.99. The van der Waals surface area contributed by atoms with Gasteiger partial charge in [0.05, 0.1) is 6.04 Å². The predicted octanol–water partition coefficient (Wildman–Crippen LogP) is -0.304. The molecular formula is C16H21N3O4S2. The second-order valence-corrected chi connectivity index (χ2v) is 6.56. The highest BCUT2D eigenvalue weighted by Gasteiger charge is 2.37. The Kier molecular flexibility index (Phi) is 6.74. The summed E-state index contributed by atoms with van der Waals surface area (Å²) in [6, 6.07) is 4.73. The van der Waals surface area contributed by atoms with Gasteiger partial charge in [-0.15, -0.1) is 0 Å². The van der Waals surface area contributed by atoms with Crippen molar-refractivity contribution in [2.45, 2.75) is 31.1 Å². The van der Waals surface area contributed by atoms with Crippen molar-refractivity contribution in [3.8, 4) is 0 Å². The lowest BCUT2D eigenvalue weighted by Crippen LogP contribution is -2.58. The van der Waals surface area contributed by atoms with Gasteiger partial charge in [0.1, 0.15) is 12.1 Å². The fourth-order valence-corrected chi connectivity index (χ4v) is 3.14. The van der Waals surface area contributed by atoms with E-state index in [9.17, 15) is 14.4 Å². The minimum absolute atomic E-state index is 0.0471. The molecule has 3 atom stereocenters. The molecule has 25 heavy (non-hydrogen) atoms. The average Bonchev–Trinajstić information content (AvgIpc) is 2.63. The third-order valence-electron chi connectivity index (χ3n) is 4.15. The number of hydrogen-bond donors (Lipinski definition) is 5. The third-order valence-corrected chi connectivity index (χ3v) is 4.90. The highest BCUT2D eigenvalue weighted by molar-refractivity contribution is 7.80. The second kappa shape index (κ2) is 8.59. The molecule has 4 N–H and O–H groups in total. The van der Waals surface area contributed by atoms with Gasteiger partial charge in [0.2, 0.25) is 11.8 Å². The molecule has 1 aliphatic rings. The number of hydrogen-bond acceptors (Lipinski definition) is 6. The summed E-state index contributed by atoms with van der Waals surface area (Å²) >= 11 is 7.99. The van der Waals surface area contributed by atoms with E-state index in [2.05, 4.69) is 30.6 Å². The molecule has 2 amide bonds. The summed E-state index contributed by atoms with van der Waals surface area (Å²) in [5, 5.41) is 11.5. The number of nitrogens with zero attached hydrogens (tertiary/aromatic N) is 1. The molecule has 0 bridgehead atoms. The zero-order valence-electron chi connectivity index (χ0n) is 13.5. The van der Waals surface area contributed by atoms with Crippen LogP contribution in [0.15, 0.2) is 24.3 Å². The highest BCUT2D eigenvalue weighted by Crippen LogP contribution is 2.24. The monoisotopic (exact) mass is 383 g/mol. The van der Waals surface area contributed by atoms with E-state index in [0.29, 0.717) is 6.42 Å². The Labute approximate surface area is 156 Å². The molecule has 0 aliphatic carbocycles. The van der Waals surface area contributed by atoms with Crippen molar-refractivity contribution in [1.29, 1.82) is 0 Å². The number of rotatable bonds is 6. The van der Waals surface area contributed by atoms with Crippen molar-refractivity contribution >= 4 is 43.0 Å². The normalized spacial score (nSPS) is 18.8. The Bertz CT molecular complexity index is 671. The first-order chi connectivity index (χ1) is 11.9. The Morgan fingerprint density at radius 2 is 1.88 bits per heavy atom. The Balaban J connectivity index is 2.29. The lowest BCUT2D eigenvalue weighted by Gasteiger charge is -2.37. The van der Waals surface area contributed by atoms with Crippen molar-refractivity contribution < 1.29 is 19.5 Å². The van der Waals surface area contributed by atoms with Gasteiger partial charge in [-0.25, -0.2) is 4.79 Å². The molecule has 7 nitrogen and oxygen atoms in total. The van der Waals surface area contributed by atoms with E-state index in [1.165, 1.54) is 4.90 Å². The Morgan fingerprint density at radius 3 is 2.44 bits per heavy atom. The van der Waals surface area contributed by atoms with Crippen LogP contribution >= 0.6 is 25.3 Å². The van der Waals surface area contributed by atoms with Crippen LogP contribution in [0.2, 0.25) is 0 Å². The average molecular weight is 383 g/mol. The largest absolute Gasteiger partial charge is 0.480 e. The zero-order valence-corrected chi connectivity index (χ0v) is 15.2. The van der Waals surface area contributed by atoms with Crippen LogP contribution in [0.3, 0.4) is 0 Å². The van der Waals surface area contributed by atoms with E-state index < -0.39 is 30.0 Å². The summed E-state index contributed by atoms with van der Waals surface area (Å²) in [6.07, 6.45) is 0.298. The fraction of sp³-hybridized carbons (Fsp3) is 0.438. The quantitative estimate of drug-likeness (QED) is 0.433. The number of carbonyl (C=O) groups is 3. The van der Waals surface area contributed by atoms with Gasteiger partial charge in [-0.2, -0.15) is 25.3 Å². The number of fused-ring (bicyclic) bond motifs is 1. The molecule has 1 aromatic carbocycles. The Morgan fingerprint density at radius 1 is 1.24 bits per heavy atom. The van der Waals surface area contributed by atoms with Crippen molar-refractivity contribution in [3.05, 3.63) is 35.4 Å². The van der Waals surface area contributed by atoms with E-state index in [0.717, 1.165) is 11.1 Å². The molecule has 0 saturated heterocycles. The number of nitrogens with one attached hydrogen (secondary N) is 1. The predicted molar refractivity (Wildman–Crippen MR) is 99.7 cm³/mol. The van der Waals surface area contributed by atoms with Crippen LogP contribution in [0.4, 0.5) is 0 Å². The number of thiol groups is 2. The minimum atomic E-state index is -1.18. The number of carboxylic acids is 1. The van der Waals surface area contributed by atoms with Crippen LogP contribution in [0.5, 0.6) is 0 Å². The van der Waals surface area contributed by atoms with Crippen LogP contribution in [0.1, 0.15) is 11.1 Å². The lowest BCUT2D eigenvalue weighted by atomic mass is 9.92. The highest BCUT2D eigenvalue weighted by atomic mass is 32.1.